The molecule has 2 unspecified atom stereocenters. The Morgan fingerprint density at radius 2 is 2.05 bits per heavy atom. The van der Waals surface area contributed by atoms with E-state index in [-0.39, 0.29) is 17.9 Å². The summed E-state index contributed by atoms with van der Waals surface area (Å²) in [4.78, 5) is 2.40. The maximum Gasteiger partial charge on any atom is 0.141 e. The molecule has 0 aliphatic carbocycles. The van der Waals surface area contributed by atoms with Crippen LogP contribution in [-0.4, -0.2) is 25.7 Å². The second-order valence-corrected chi connectivity index (χ2v) is 6.34. The van der Waals surface area contributed by atoms with Gasteiger partial charge in [0.25, 0.3) is 0 Å². The minimum Gasteiger partial charge on any atom is -0.358 e. The van der Waals surface area contributed by atoms with E-state index < -0.39 is 0 Å². The molecule has 0 bridgehead atoms. The second kappa shape index (κ2) is 3.97. The first-order valence-electron chi connectivity index (χ1n) is 7.33. The monoisotopic (exact) mass is 259 g/mol. The van der Waals surface area contributed by atoms with Crippen molar-refractivity contribution in [2.24, 2.45) is 5.92 Å². The van der Waals surface area contributed by atoms with Crippen molar-refractivity contribution >= 4 is 5.69 Å². The van der Waals surface area contributed by atoms with E-state index in [0.29, 0.717) is 5.92 Å². The van der Waals surface area contributed by atoms with Gasteiger partial charge >= 0.3 is 0 Å². The molecule has 0 N–H and O–H groups in total. The minimum absolute atomic E-state index is 0.127. The molecule has 102 valence electrons. The van der Waals surface area contributed by atoms with Crippen LogP contribution in [0.3, 0.4) is 0 Å². The zero-order valence-corrected chi connectivity index (χ0v) is 11.6. The Bertz CT molecular complexity index is 503. The predicted molar refractivity (Wildman–Crippen MR) is 74.2 cm³/mol. The van der Waals surface area contributed by atoms with Crippen LogP contribution in [0.4, 0.5) is 5.69 Å². The van der Waals surface area contributed by atoms with Gasteiger partial charge in [0.15, 0.2) is 0 Å². The van der Waals surface area contributed by atoms with Crippen molar-refractivity contribution in [2.75, 3.05) is 18.1 Å². The molecule has 19 heavy (non-hydrogen) atoms. The van der Waals surface area contributed by atoms with Crippen LogP contribution >= 0.6 is 0 Å². The number of fused-ring (bicyclic) bond motifs is 3. The van der Waals surface area contributed by atoms with E-state index in [0.717, 1.165) is 26.1 Å². The van der Waals surface area contributed by atoms with Crippen LogP contribution in [0.15, 0.2) is 24.3 Å². The van der Waals surface area contributed by atoms with E-state index in [1.165, 1.54) is 11.3 Å². The van der Waals surface area contributed by atoms with Crippen molar-refractivity contribution < 1.29 is 9.47 Å². The van der Waals surface area contributed by atoms with Gasteiger partial charge in [0.05, 0.1) is 6.61 Å². The Morgan fingerprint density at radius 1 is 1.21 bits per heavy atom. The summed E-state index contributed by atoms with van der Waals surface area (Å²) >= 11 is 0. The Kier molecular flexibility index (Phi) is 2.45. The van der Waals surface area contributed by atoms with E-state index in [9.17, 15) is 0 Å². The lowest BCUT2D eigenvalue weighted by atomic mass is 9.82. The summed E-state index contributed by atoms with van der Waals surface area (Å²) in [5.41, 5.74) is 2.87. The first-order valence-corrected chi connectivity index (χ1v) is 7.33. The SMILES string of the molecule is CC1CCOC1N1c2ccccc2[C@]2(C)CCO[C@H]12. The van der Waals surface area contributed by atoms with Gasteiger partial charge in [-0.15, -0.1) is 0 Å². The van der Waals surface area contributed by atoms with Crippen LogP contribution in [-0.2, 0) is 14.9 Å². The number of hydrogen-bond donors (Lipinski definition) is 0. The molecular formula is C16H21NO2. The molecule has 2 saturated heterocycles. The van der Waals surface area contributed by atoms with Gasteiger partial charge in [-0.3, -0.25) is 0 Å². The number of nitrogens with zero attached hydrogens (tertiary/aromatic N) is 1. The number of benzene rings is 1. The van der Waals surface area contributed by atoms with E-state index in [1.807, 2.05) is 0 Å². The van der Waals surface area contributed by atoms with Gasteiger partial charge in [-0.1, -0.05) is 32.0 Å². The molecule has 3 heteroatoms. The van der Waals surface area contributed by atoms with Gasteiger partial charge in [-0.2, -0.15) is 0 Å². The highest BCUT2D eigenvalue weighted by molar-refractivity contribution is 5.64. The van der Waals surface area contributed by atoms with Crippen molar-refractivity contribution in [3.05, 3.63) is 29.8 Å². The maximum absolute atomic E-state index is 6.08. The molecule has 0 spiro atoms. The summed E-state index contributed by atoms with van der Waals surface area (Å²) < 4.78 is 12.1. The van der Waals surface area contributed by atoms with Gasteiger partial charge in [0, 0.05) is 23.6 Å². The molecular weight excluding hydrogens is 238 g/mol. The zero-order valence-electron chi connectivity index (χ0n) is 11.6. The number of rotatable bonds is 1. The lowest BCUT2D eigenvalue weighted by Gasteiger charge is -2.35. The van der Waals surface area contributed by atoms with Crippen LogP contribution in [0.25, 0.3) is 0 Å². The molecule has 3 aliphatic heterocycles. The van der Waals surface area contributed by atoms with E-state index in [2.05, 4.69) is 43.0 Å². The predicted octanol–water partition coefficient (Wildman–Crippen LogP) is 2.89. The third kappa shape index (κ3) is 1.46. The molecule has 3 heterocycles. The fourth-order valence-electron chi connectivity index (χ4n) is 3.96. The van der Waals surface area contributed by atoms with Crippen LogP contribution in [0.1, 0.15) is 32.3 Å². The molecule has 1 aromatic carbocycles. The Balaban J connectivity index is 1.83. The third-order valence-corrected chi connectivity index (χ3v) is 5.12. The average molecular weight is 259 g/mol. The molecule has 0 radical (unpaired) electrons. The summed E-state index contributed by atoms with van der Waals surface area (Å²) in [5, 5.41) is 0. The van der Waals surface area contributed by atoms with Crippen molar-refractivity contribution in [1.82, 2.24) is 0 Å². The molecule has 0 saturated carbocycles. The molecule has 3 nitrogen and oxygen atoms in total. The van der Waals surface area contributed by atoms with Crippen LogP contribution < -0.4 is 4.90 Å². The van der Waals surface area contributed by atoms with Crippen LogP contribution in [0, 0.1) is 5.92 Å². The van der Waals surface area contributed by atoms with Crippen molar-refractivity contribution in [3.63, 3.8) is 0 Å². The van der Waals surface area contributed by atoms with Crippen molar-refractivity contribution in [3.8, 4) is 0 Å². The largest absolute Gasteiger partial charge is 0.358 e. The number of para-hydroxylation sites is 1. The fourth-order valence-corrected chi connectivity index (χ4v) is 3.96. The Morgan fingerprint density at radius 3 is 2.84 bits per heavy atom. The summed E-state index contributed by atoms with van der Waals surface area (Å²) in [6.07, 6.45) is 2.57. The summed E-state index contributed by atoms with van der Waals surface area (Å²) in [5.74, 6) is 0.569. The number of ether oxygens (including phenoxy) is 2. The van der Waals surface area contributed by atoms with Crippen molar-refractivity contribution in [2.45, 2.75) is 44.6 Å². The summed E-state index contributed by atoms with van der Waals surface area (Å²) in [6, 6.07) is 8.74. The Labute approximate surface area is 114 Å². The number of hydrogen-bond acceptors (Lipinski definition) is 3. The molecule has 4 atom stereocenters. The molecule has 0 amide bonds. The minimum atomic E-state index is 0.127. The third-order valence-electron chi connectivity index (χ3n) is 5.12. The molecule has 4 rings (SSSR count). The van der Waals surface area contributed by atoms with E-state index >= 15 is 0 Å². The normalized spacial score (nSPS) is 40.5. The zero-order chi connectivity index (χ0) is 13.0. The van der Waals surface area contributed by atoms with Gasteiger partial charge in [-0.25, -0.2) is 0 Å². The standard InChI is InChI=1S/C16H21NO2/c1-11-7-9-18-14(11)17-13-6-4-3-5-12(13)16(2)8-10-19-15(16)17/h3-6,11,14-15H,7-10H2,1-2H3/t11?,14?,15-,16-/m0/s1. The maximum atomic E-state index is 6.08. The quantitative estimate of drug-likeness (QED) is 0.774. The first-order chi connectivity index (χ1) is 9.22. The van der Waals surface area contributed by atoms with E-state index in [1.54, 1.807) is 0 Å². The van der Waals surface area contributed by atoms with Crippen molar-refractivity contribution in [1.29, 1.82) is 0 Å². The van der Waals surface area contributed by atoms with Gasteiger partial charge < -0.3 is 14.4 Å². The Hall–Kier alpha value is -1.06. The summed E-state index contributed by atoms with van der Waals surface area (Å²) in [7, 11) is 0. The topological polar surface area (TPSA) is 21.7 Å². The van der Waals surface area contributed by atoms with E-state index in [4.69, 9.17) is 9.47 Å². The second-order valence-electron chi connectivity index (χ2n) is 6.34. The average Bonchev–Trinajstić information content (AvgIpc) is 3.04. The first kappa shape index (κ1) is 11.7. The highest BCUT2D eigenvalue weighted by atomic mass is 16.5. The van der Waals surface area contributed by atoms with Gasteiger partial charge in [0.2, 0.25) is 0 Å². The summed E-state index contributed by atoms with van der Waals surface area (Å²) in [6.45, 7) is 6.34. The highest BCUT2D eigenvalue weighted by Crippen LogP contribution is 2.52. The highest BCUT2D eigenvalue weighted by Gasteiger charge is 2.54. The molecule has 3 aliphatic rings. The lowest BCUT2D eigenvalue weighted by Crippen LogP contribution is -2.47. The molecule has 1 aromatic rings. The lowest BCUT2D eigenvalue weighted by molar-refractivity contribution is 0.0196. The smallest absolute Gasteiger partial charge is 0.141 e. The van der Waals surface area contributed by atoms with Crippen LogP contribution in [0.5, 0.6) is 0 Å². The van der Waals surface area contributed by atoms with Gasteiger partial charge in [0.1, 0.15) is 12.5 Å². The van der Waals surface area contributed by atoms with Gasteiger partial charge in [-0.05, 0) is 24.5 Å². The van der Waals surface area contributed by atoms with Crippen LogP contribution in [0.2, 0.25) is 0 Å². The fraction of sp³-hybridized carbons (Fsp3) is 0.625. The molecule has 2 fully saturated rings. The number of anilines is 1. The molecule has 0 aromatic heterocycles.